The summed E-state index contributed by atoms with van der Waals surface area (Å²) < 4.78 is 30.8. The highest BCUT2D eigenvalue weighted by Crippen LogP contribution is 2.19. The topological polar surface area (TPSA) is 101 Å². The SMILES string of the molecule is COC(=O)CN(CN1C(=O)CCC1=O)S(=O)(=O)c1ccc(C)cc1. The third-order valence-electron chi connectivity index (χ3n) is 3.65. The number of likely N-dealkylation sites (tertiary alicyclic amines) is 1. The molecule has 0 bridgehead atoms. The summed E-state index contributed by atoms with van der Waals surface area (Å²) in [6.45, 7) is 0.705. The van der Waals surface area contributed by atoms with Gasteiger partial charge >= 0.3 is 5.97 Å². The Balaban J connectivity index is 2.34. The van der Waals surface area contributed by atoms with Gasteiger partial charge in [-0.3, -0.25) is 19.3 Å². The normalized spacial score (nSPS) is 15.2. The fraction of sp³-hybridized carbons (Fsp3) is 0.400. The van der Waals surface area contributed by atoms with Gasteiger partial charge in [0, 0.05) is 12.8 Å². The molecule has 2 rings (SSSR count). The van der Waals surface area contributed by atoms with Crippen LogP contribution in [0.1, 0.15) is 18.4 Å². The van der Waals surface area contributed by atoms with E-state index < -0.39 is 41.0 Å². The molecule has 1 fully saturated rings. The maximum atomic E-state index is 12.8. The van der Waals surface area contributed by atoms with E-state index in [1.54, 1.807) is 12.1 Å². The molecule has 0 unspecified atom stereocenters. The Hall–Kier alpha value is -2.26. The number of hydrogen-bond acceptors (Lipinski definition) is 6. The first kappa shape index (κ1) is 18.1. The van der Waals surface area contributed by atoms with E-state index in [1.165, 1.54) is 12.1 Å². The lowest BCUT2D eigenvalue weighted by molar-refractivity contribution is -0.145. The molecule has 1 aromatic rings. The predicted octanol–water partition coefficient (Wildman–Crippen LogP) is 0.265. The van der Waals surface area contributed by atoms with E-state index in [0.717, 1.165) is 21.9 Å². The summed E-state index contributed by atoms with van der Waals surface area (Å²) in [7, 11) is -2.94. The largest absolute Gasteiger partial charge is 0.468 e. The Kier molecular flexibility index (Phi) is 5.35. The van der Waals surface area contributed by atoms with Gasteiger partial charge in [-0.1, -0.05) is 17.7 Å². The summed E-state index contributed by atoms with van der Waals surface area (Å²) in [4.78, 5) is 35.9. The molecular formula is C15H18N2O6S. The van der Waals surface area contributed by atoms with Crippen molar-refractivity contribution in [3.8, 4) is 0 Å². The highest BCUT2D eigenvalue weighted by atomic mass is 32.2. The number of carbonyl (C=O) groups excluding carboxylic acids is 3. The van der Waals surface area contributed by atoms with Gasteiger partial charge in [0.2, 0.25) is 21.8 Å². The molecule has 0 spiro atoms. The lowest BCUT2D eigenvalue weighted by Crippen LogP contribution is -2.46. The Morgan fingerprint density at radius 1 is 1.17 bits per heavy atom. The van der Waals surface area contributed by atoms with E-state index in [2.05, 4.69) is 4.74 Å². The van der Waals surface area contributed by atoms with Crippen molar-refractivity contribution in [2.75, 3.05) is 20.3 Å². The molecule has 0 radical (unpaired) electrons. The molecular weight excluding hydrogens is 336 g/mol. The van der Waals surface area contributed by atoms with Gasteiger partial charge in [-0.2, -0.15) is 4.31 Å². The zero-order chi connectivity index (χ0) is 17.9. The number of aryl methyl sites for hydroxylation is 1. The first-order chi connectivity index (χ1) is 11.3. The van der Waals surface area contributed by atoms with Gasteiger partial charge in [-0.25, -0.2) is 8.42 Å². The van der Waals surface area contributed by atoms with Crippen molar-refractivity contribution in [1.82, 2.24) is 9.21 Å². The summed E-state index contributed by atoms with van der Waals surface area (Å²) in [6, 6.07) is 6.05. The molecule has 1 heterocycles. The molecule has 9 heteroatoms. The van der Waals surface area contributed by atoms with Gasteiger partial charge in [-0.15, -0.1) is 0 Å². The van der Waals surface area contributed by atoms with Gasteiger partial charge < -0.3 is 4.74 Å². The van der Waals surface area contributed by atoms with Gasteiger partial charge in [0.15, 0.2) is 0 Å². The molecule has 8 nitrogen and oxygen atoms in total. The molecule has 24 heavy (non-hydrogen) atoms. The van der Waals surface area contributed by atoms with Crippen LogP contribution in [-0.4, -0.2) is 55.7 Å². The lowest BCUT2D eigenvalue weighted by atomic mass is 10.2. The minimum atomic E-state index is -4.07. The van der Waals surface area contributed by atoms with Gasteiger partial charge in [0.1, 0.15) is 6.54 Å². The van der Waals surface area contributed by atoms with Crippen molar-refractivity contribution in [3.63, 3.8) is 0 Å². The predicted molar refractivity (Wildman–Crippen MR) is 83.0 cm³/mol. The van der Waals surface area contributed by atoms with Crippen LogP contribution < -0.4 is 0 Å². The van der Waals surface area contributed by atoms with E-state index in [1.807, 2.05) is 6.92 Å². The molecule has 1 aliphatic heterocycles. The van der Waals surface area contributed by atoms with Crippen LogP contribution in [0.25, 0.3) is 0 Å². The Labute approximate surface area is 140 Å². The fourth-order valence-corrected chi connectivity index (χ4v) is 3.54. The number of sulfonamides is 1. The summed E-state index contributed by atoms with van der Waals surface area (Å²) >= 11 is 0. The molecule has 0 aromatic heterocycles. The highest BCUT2D eigenvalue weighted by Gasteiger charge is 2.35. The smallest absolute Gasteiger partial charge is 0.321 e. The summed E-state index contributed by atoms with van der Waals surface area (Å²) in [5.74, 6) is -1.72. The van der Waals surface area contributed by atoms with Crippen molar-refractivity contribution >= 4 is 27.8 Å². The molecule has 0 saturated carbocycles. The number of hydrogen-bond donors (Lipinski definition) is 0. The highest BCUT2D eigenvalue weighted by molar-refractivity contribution is 7.89. The van der Waals surface area contributed by atoms with Gasteiger partial charge in [0.25, 0.3) is 0 Å². The van der Waals surface area contributed by atoms with Crippen LogP contribution in [0.3, 0.4) is 0 Å². The zero-order valence-electron chi connectivity index (χ0n) is 13.4. The minimum absolute atomic E-state index is 0.0314. The zero-order valence-corrected chi connectivity index (χ0v) is 14.2. The number of ether oxygens (including phenoxy) is 1. The van der Waals surface area contributed by atoms with Crippen LogP contribution in [0.5, 0.6) is 0 Å². The van der Waals surface area contributed by atoms with Crippen LogP contribution in [0.4, 0.5) is 0 Å². The van der Waals surface area contributed by atoms with Crippen LogP contribution in [0, 0.1) is 6.92 Å². The molecule has 1 aliphatic rings. The van der Waals surface area contributed by atoms with Gasteiger partial charge in [0.05, 0.1) is 18.7 Å². The third-order valence-corrected chi connectivity index (χ3v) is 5.44. The first-order valence-corrected chi connectivity index (χ1v) is 8.66. The van der Waals surface area contributed by atoms with E-state index in [0.29, 0.717) is 0 Å². The van der Waals surface area contributed by atoms with Crippen LogP contribution >= 0.6 is 0 Å². The quantitative estimate of drug-likeness (QED) is 0.537. The minimum Gasteiger partial charge on any atom is -0.468 e. The second kappa shape index (κ2) is 7.10. The average Bonchev–Trinajstić information content (AvgIpc) is 2.86. The molecule has 0 atom stereocenters. The average molecular weight is 354 g/mol. The van der Waals surface area contributed by atoms with E-state index in [-0.39, 0.29) is 17.7 Å². The van der Waals surface area contributed by atoms with E-state index >= 15 is 0 Å². The monoisotopic (exact) mass is 354 g/mol. The van der Waals surface area contributed by atoms with Crippen molar-refractivity contribution < 1.29 is 27.5 Å². The number of imide groups is 1. The van der Waals surface area contributed by atoms with Crippen LogP contribution in [0.15, 0.2) is 29.2 Å². The van der Waals surface area contributed by atoms with Crippen molar-refractivity contribution in [2.45, 2.75) is 24.7 Å². The second-order valence-electron chi connectivity index (χ2n) is 5.36. The number of carbonyl (C=O) groups is 3. The van der Waals surface area contributed by atoms with E-state index in [9.17, 15) is 22.8 Å². The Morgan fingerprint density at radius 2 is 1.71 bits per heavy atom. The van der Waals surface area contributed by atoms with Crippen molar-refractivity contribution in [3.05, 3.63) is 29.8 Å². The molecule has 0 aliphatic carbocycles. The Bertz CT molecular complexity index is 741. The summed E-state index contributed by atoms with van der Waals surface area (Å²) in [5, 5.41) is 0. The first-order valence-electron chi connectivity index (χ1n) is 7.22. The maximum absolute atomic E-state index is 12.8. The molecule has 2 amide bonds. The van der Waals surface area contributed by atoms with Crippen LogP contribution in [0.2, 0.25) is 0 Å². The maximum Gasteiger partial charge on any atom is 0.321 e. The fourth-order valence-electron chi connectivity index (χ4n) is 2.22. The number of nitrogens with zero attached hydrogens (tertiary/aromatic N) is 2. The lowest BCUT2D eigenvalue weighted by Gasteiger charge is -2.25. The third kappa shape index (κ3) is 3.80. The number of methoxy groups -OCH3 is 1. The summed E-state index contributed by atoms with van der Waals surface area (Å²) in [6.07, 6.45) is 0.0744. The number of esters is 1. The van der Waals surface area contributed by atoms with Gasteiger partial charge in [-0.05, 0) is 19.1 Å². The van der Waals surface area contributed by atoms with Crippen LogP contribution in [-0.2, 0) is 29.1 Å². The number of amides is 2. The molecule has 1 aromatic carbocycles. The van der Waals surface area contributed by atoms with E-state index in [4.69, 9.17) is 0 Å². The Morgan fingerprint density at radius 3 is 2.21 bits per heavy atom. The second-order valence-corrected chi connectivity index (χ2v) is 7.30. The van der Waals surface area contributed by atoms with Crippen molar-refractivity contribution in [1.29, 1.82) is 0 Å². The summed E-state index contributed by atoms with van der Waals surface area (Å²) in [5.41, 5.74) is 0.873. The number of rotatable bonds is 6. The standard InChI is InChI=1S/C15H18N2O6S/c1-11-3-5-12(6-4-11)24(21,22)16(9-15(20)23-2)10-17-13(18)7-8-14(17)19/h3-6H,7-10H2,1-2H3. The molecule has 0 N–H and O–H groups in total. The molecule has 1 saturated heterocycles. The van der Waals surface area contributed by atoms with Crippen molar-refractivity contribution in [2.24, 2.45) is 0 Å². The number of benzene rings is 1. The molecule has 130 valence electrons.